The Morgan fingerprint density at radius 3 is 2.38 bits per heavy atom. The van der Waals surface area contributed by atoms with Crippen LogP contribution in [-0.4, -0.2) is 55.5 Å². The molecule has 1 aromatic carbocycles. The number of unbranched alkanes of at least 4 members (excludes halogenated alkanes) is 1. The molecular weight excluding hydrogens is 582 g/mol. The molecule has 1 unspecified atom stereocenters. The van der Waals surface area contributed by atoms with Gasteiger partial charge in [0.1, 0.15) is 6.10 Å². The summed E-state index contributed by atoms with van der Waals surface area (Å²) in [6, 6.07) is 10.2. The van der Waals surface area contributed by atoms with E-state index in [0.29, 0.717) is 58.4 Å². The smallest absolute Gasteiger partial charge is 0.338 e. The highest BCUT2D eigenvalue weighted by atomic mass is 16.5. The fourth-order valence-corrected chi connectivity index (χ4v) is 11.3. The summed E-state index contributed by atoms with van der Waals surface area (Å²) in [5.41, 5.74) is 6.90. The normalized spacial score (nSPS) is 36.3. The Morgan fingerprint density at radius 1 is 0.915 bits per heavy atom. The molecule has 4 aliphatic carbocycles. The molecule has 266 valence electrons. The summed E-state index contributed by atoms with van der Waals surface area (Å²) in [4.78, 5) is 13.7. The number of ether oxygens (including phenoxy) is 1. The van der Waals surface area contributed by atoms with Gasteiger partial charge in [-0.2, -0.15) is 0 Å². The molecule has 6 heteroatoms. The molecule has 4 saturated carbocycles. The second-order valence-corrected chi connectivity index (χ2v) is 17.2. The lowest BCUT2D eigenvalue weighted by molar-refractivity contribution is -0.168. The predicted octanol–water partition coefficient (Wildman–Crippen LogP) is 7.59. The standard InChI is InChI=1S/C41H69N3O3/c1-28(2)36(45)17-14-29(3)33-15-16-34-38-35(19-21-41(33,34)5)40(4)20-18-32(44-25-11-24-43-23-10-9-22-42)26-31(40)27-37(38)47-39(46)30-12-7-6-8-13-30/h6-8,12-13,28-29,31-38,43-45H,9-11,14-27,42H2,1-5H3/t29-,31?,32+,33-,34+,35+,36-,37-,38+,40+,41-/m1/s1. The molecule has 5 rings (SSSR count). The lowest BCUT2D eigenvalue weighted by Crippen LogP contribution is -2.60. The maximum Gasteiger partial charge on any atom is 0.338 e. The van der Waals surface area contributed by atoms with Gasteiger partial charge < -0.3 is 26.2 Å². The number of rotatable bonds is 16. The van der Waals surface area contributed by atoms with E-state index < -0.39 is 0 Å². The minimum atomic E-state index is -0.206. The number of esters is 1. The van der Waals surface area contributed by atoms with Crippen LogP contribution in [0.4, 0.5) is 0 Å². The van der Waals surface area contributed by atoms with Crippen molar-refractivity contribution in [1.29, 1.82) is 0 Å². The van der Waals surface area contributed by atoms with Crippen LogP contribution in [0.15, 0.2) is 30.3 Å². The van der Waals surface area contributed by atoms with Crippen molar-refractivity contribution in [3.63, 3.8) is 0 Å². The van der Waals surface area contributed by atoms with E-state index in [-0.39, 0.29) is 23.6 Å². The molecule has 0 aromatic heterocycles. The van der Waals surface area contributed by atoms with Crippen molar-refractivity contribution < 1.29 is 14.6 Å². The van der Waals surface area contributed by atoms with Crippen LogP contribution in [0.3, 0.4) is 0 Å². The monoisotopic (exact) mass is 652 g/mol. The summed E-state index contributed by atoms with van der Waals surface area (Å²) in [5, 5.41) is 18.1. The Kier molecular flexibility index (Phi) is 12.9. The number of nitrogens with two attached hydrogens (primary N) is 1. The van der Waals surface area contributed by atoms with Gasteiger partial charge in [0.25, 0.3) is 0 Å². The fourth-order valence-electron chi connectivity index (χ4n) is 11.3. The number of aliphatic hydroxyl groups is 1. The molecular formula is C41H69N3O3. The highest BCUT2D eigenvalue weighted by molar-refractivity contribution is 5.89. The summed E-state index contributed by atoms with van der Waals surface area (Å²) >= 11 is 0. The summed E-state index contributed by atoms with van der Waals surface area (Å²) in [6.45, 7) is 15.9. The summed E-state index contributed by atoms with van der Waals surface area (Å²) in [5.74, 6) is 3.70. The Labute approximate surface area is 287 Å². The van der Waals surface area contributed by atoms with Gasteiger partial charge in [0.15, 0.2) is 0 Å². The number of hydrogen-bond acceptors (Lipinski definition) is 6. The highest BCUT2D eigenvalue weighted by Crippen LogP contribution is 2.68. The van der Waals surface area contributed by atoms with Crippen LogP contribution >= 0.6 is 0 Å². The van der Waals surface area contributed by atoms with Gasteiger partial charge in [-0.15, -0.1) is 0 Å². The van der Waals surface area contributed by atoms with Crippen LogP contribution in [0.5, 0.6) is 0 Å². The predicted molar refractivity (Wildman–Crippen MR) is 193 cm³/mol. The summed E-state index contributed by atoms with van der Waals surface area (Å²) < 4.78 is 6.68. The van der Waals surface area contributed by atoms with E-state index in [2.05, 4.69) is 45.3 Å². The van der Waals surface area contributed by atoms with Crippen molar-refractivity contribution in [1.82, 2.24) is 10.6 Å². The maximum absolute atomic E-state index is 13.7. The maximum atomic E-state index is 13.7. The number of carbonyl (C=O) groups is 1. The number of nitrogens with one attached hydrogen (secondary N) is 2. The van der Waals surface area contributed by atoms with Gasteiger partial charge in [-0.25, -0.2) is 4.79 Å². The zero-order chi connectivity index (χ0) is 33.6. The third kappa shape index (κ3) is 8.30. The van der Waals surface area contributed by atoms with Crippen molar-refractivity contribution in [2.75, 3.05) is 26.2 Å². The van der Waals surface area contributed by atoms with E-state index in [1.54, 1.807) is 0 Å². The van der Waals surface area contributed by atoms with Crippen LogP contribution in [0.2, 0.25) is 0 Å². The van der Waals surface area contributed by atoms with Gasteiger partial charge in [-0.05, 0) is 168 Å². The first-order chi connectivity index (χ1) is 22.6. The molecule has 0 spiro atoms. The molecule has 0 aliphatic heterocycles. The minimum Gasteiger partial charge on any atom is -0.458 e. The largest absolute Gasteiger partial charge is 0.458 e. The zero-order valence-electron chi connectivity index (χ0n) is 30.5. The molecule has 1 aromatic rings. The second kappa shape index (κ2) is 16.5. The molecule has 4 fully saturated rings. The molecule has 4 aliphatic rings. The third-order valence-corrected chi connectivity index (χ3v) is 14.1. The van der Waals surface area contributed by atoms with Gasteiger partial charge in [0.2, 0.25) is 0 Å². The number of benzene rings is 1. The lowest BCUT2D eigenvalue weighted by Gasteiger charge is -2.63. The van der Waals surface area contributed by atoms with Crippen molar-refractivity contribution in [3.05, 3.63) is 35.9 Å². The number of carbonyl (C=O) groups excluding carboxylic acids is 1. The Bertz CT molecular complexity index is 1110. The van der Waals surface area contributed by atoms with E-state index in [1.807, 2.05) is 30.3 Å². The average molecular weight is 652 g/mol. The van der Waals surface area contributed by atoms with E-state index in [4.69, 9.17) is 10.5 Å². The first-order valence-electron chi connectivity index (χ1n) is 19.7. The Balaban J connectivity index is 1.29. The highest BCUT2D eigenvalue weighted by Gasteiger charge is 2.63. The second-order valence-electron chi connectivity index (χ2n) is 17.2. The van der Waals surface area contributed by atoms with E-state index in [1.165, 1.54) is 44.9 Å². The van der Waals surface area contributed by atoms with E-state index >= 15 is 0 Å². The average Bonchev–Trinajstić information content (AvgIpc) is 3.42. The molecule has 5 N–H and O–H groups in total. The first-order valence-corrected chi connectivity index (χ1v) is 19.7. The topological polar surface area (TPSA) is 96.6 Å². The van der Waals surface area contributed by atoms with Gasteiger partial charge in [0, 0.05) is 12.0 Å². The van der Waals surface area contributed by atoms with Gasteiger partial charge in [0.05, 0.1) is 11.7 Å². The third-order valence-electron chi connectivity index (χ3n) is 14.1. The number of aliphatic hydroxyl groups excluding tert-OH is 1. The Morgan fingerprint density at radius 2 is 1.64 bits per heavy atom. The van der Waals surface area contributed by atoms with Crippen molar-refractivity contribution in [2.45, 2.75) is 136 Å². The molecule has 0 radical (unpaired) electrons. The Hall–Kier alpha value is -1.47. The van der Waals surface area contributed by atoms with Crippen LogP contribution in [0.25, 0.3) is 0 Å². The number of hydrogen-bond donors (Lipinski definition) is 4. The first kappa shape index (κ1) is 36.8. The summed E-state index contributed by atoms with van der Waals surface area (Å²) in [7, 11) is 0. The SMILES string of the molecule is CC(C)[C@H](O)CC[C@@H](C)[C@H]1CC[C@H]2[C@@H]3[C@H](OC(=O)c4ccccc4)CC4C[C@@H](NCCCNCCCCN)CC[C@]4(C)[C@H]3CC[C@]12C. The lowest BCUT2D eigenvalue weighted by atomic mass is 9.43. The van der Waals surface area contributed by atoms with Gasteiger partial charge >= 0.3 is 5.97 Å². The molecule has 6 nitrogen and oxygen atoms in total. The number of fused-ring (bicyclic) bond motifs is 5. The van der Waals surface area contributed by atoms with Gasteiger partial charge in [-0.3, -0.25) is 0 Å². The minimum absolute atomic E-state index is 0.0105. The molecule has 0 bridgehead atoms. The van der Waals surface area contributed by atoms with Crippen LogP contribution in [-0.2, 0) is 4.74 Å². The van der Waals surface area contributed by atoms with E-state index in [0.717, 1.165) is 64.7 Å². The molecule has 0 saturated heterocycles. The summed E-state index contributed by atoms with van der Waals surface area (Å²) in [6.07, 6.45) is 15.0. The van der Waals surface area contributed by atoms with Crippen LogP contribution in [0, 0.1) is 52.3 Å². The molecule has 0 heterocycles. The molecule has 0 amide bonds. The van der Waals surface area contributed by atoms with Crippen molar-refractivity contribution in [2.24, 2.45) is 58.0 Å². The zero-order valence-corrected chi connectivity index (χ0v) is 30.5. The van der Waals surface area contributed by atoms with Crippen molar-refractivity contribution >= 4 is 5.97 Å². The van der Waals surface area contributed by atoms with Crippen LogP contribution < -0.4 is 16.4 Å². The van der Waals surface area contributed by atoms with Gasteiger partial charge in [-0.1, -0.05) is 52.8 Å². The van der Waals surface area contributed by atoms with E-state index in [9.17, 15) is 9.90 Å². The fraction of sp³-hybridized carbons (Fsp3) is 0.829. The molecule has 11 atom stereocenters. The van der Waals surface area contributed by atoms with Crippen molar-refractivity contribution in [3.8, 4) is 0 Å². The van der Waals surface area contributed by atoms with Crippen LogP contribution in [0.1, 0.15) is 128 Å². The quantitative estimate of drug-likeness (QED) is 0.109. The molecule has 47 heavy (non-hydrogen) atoms.